The summed E-state index contributed by atoms with van der Waals surface area (Å²) in [5, 5.41) is 2.23. The summed E-state index contributed by atoms with van der Waals surface area (Å²) in [6.07, 6.45) is 0. The first kappa shape index (κ1) is 13.5. The van der Waals surface area contributed by atoms with Crippen LogP contribution >= 0.6 is 0 Å². The highest BCUT2D eigenvalue weighted by Gasteiger charge is 2.25. The standard InChI is InChI=1S/C13H16FN3O2/c1-7-3-11(9(8(2)15)4-10(7)14)17-5-12(18)16-13(19)6-17/h3-4,8H,5-6,15H2,1-2H3,(H,16,18,19)/t8-/m1/s1. The molecule has 1 saturated heterocycles. The van der Waals surface area contributed by atoms with Crippen molar-refractivity contribution in [2.75, 3.05) is 18.0 Å². The van der Waals surface area contributed by atoms with E-state index in [-0.39, 0.29) is 36.8 Å². The summed E-state index contributed by atoms with van der Waals surface area (Å²) in [6, 6.07) is 2.61. The molecule has 0 spiro atoms. The predicted octanol–water partition coefficient (Wildman–Crippen LogP) is 0.617. The number of rotatable bonds is 2. The number of piperazine rings is 1. The van der Waals surface area contributed by atoms with Crippen LogP contribution in [-0.4, -0.2) is 24.9 Å². The SMILES string of the molecule is Cc1cc(N2CC(=O)NC(=O)C2)c([C@@H](C)N)cc1F. The van der Waals surface area contributed by atoms with Gasteiger partial charge in [-0.2, -0.15) is 0 Å². The van der Waals surface area contributed by atoms with Gasteiger partial charge in [-0.05, 0) is 37.1 Å². The quantitative estimate of drug-likeness (QED) is 0.769. The van der Waals surface area contributed by atoms with E-state index in [0.717, 1.165) is 0 Å². The molecule has 1 aliphatic rings. The van der Waals surface area contributed by atoms with Crippen LogP contribution in [-0.2, 0) is 9.59 Å². The highest BCUT2D eigenvalue weighted by atomic mass is 19.1. The first-order chi connectivity index (χ1) is 8.88. The van der Waals surface area contributed by atoms with Crippen LogP contribution in [0.15, 0.2) is 12.1 Å². The van der Waals surface area contributed by atoms with Crippen LogP contribution in [0.5, 0.6) is 0 Å². The fourth-order valence-electron chi connectivity index (χ4n) is 2.13. The molecule has 1 heterocycles. The van der Waals surface area contributed by atoms with Crippen molar-refractivity contribution in [3.05, 3.63) is 29.1 Å². The number of anilines is 1. The van der Waals surface area contributed by atoms with Gasteiger partial charge in [0, 0.05) is 11.7 Å². The van der Waals surface area contributed by atoms with Gasteiger partial charge in [-0.25, -0.2) is 4.39 Å². The Morgan fingerprint density at radius 3 is 2.42 bits per heavy atom. The molecule has 0 aliphatic carbocycles. The molecular formula is C13H16FN3O2. The van der Waals surface area contributed by atoms with Gasteiger partial charge >= 0.3 is 0 Å². The van der Waals surface area contributed by atoms with Gasteiger partial charge < -0.3 is 10.6 Å². The molecule has 0 unspecified atom stereocenters. The van der Waals surface area contributed by atoms with Crippen LogP contribution in [0, 0.1) is 12.7 Å². The molecule has 102 valence electrons. The third kappa shape index (κ3) is 2.73. The van der Waals surface area contributed by atoms with E-state index in [9.17, 15) is 14.0 Å². The van der Waals surface area contributed by atoms with Crippen molar-refractivity contribution in [3.8, 4) is 0 Å². The Balaban J connectivity index is 2.45. The number of nitrogens with zero attached hydrogens (tertiary/aromatic N) is 1. The Bertz CT molecular complexity index is 527. The number of benzene rings is 1. The van der Waals surface area contributed by atoms with Crippen molar-refractivity contribution < 1.29 is 14.0 Å². The van der Waals surface area contributed by atoms with Crippen LogP contribution in [0.25, 0.3) is 0 Å². The fraction of sp³-hybridized carbons (Fsp3) is 0.385. The topological polar surface area (TPSA) is 75.4 Å². The van der Waals surface area contributed by atoms with Crippen molar-refractivity contribution in [2.45, 2.75) is 19.9 Å². The van der Waals surface area contributed by atoms with E-state index in [1.54, 1.807) is 24.8 Å². The highest BCUT2D eigenvalue weighted by molar-refractivity contribution is 6.02. The minimum Gasteiger partial charge on any atom is -0.353 e. The second kappa shape index (κ2) is 4.97. The summed E-state index contributed by atoms with van der Waals surface area (Å²) < 4.78 is 13.6. The third-order valence-corrected chi connectivity index (χ3v) is 3.09. The molecule has 2 amide bonds. The molecule has 1 fully saturated rings. The largest absolute Gasteiger partial charge is 0.353 e. The van der Waals surface area contributed by atoms with Gasteiger partial charge in [-0.1, -0.05) is 0 Å². The zero-order valence-electron chi connectivity index (χ0n) is 10.9. The molecule has 6 heteroatoms. The molecule has 1 aromatic rings. The predicted molar refractivity (Wildman–Crippen MR) is 69.1 cm³/mol. The molecule has 1 atom stereocenters. The number of aryl methyl sites for hydroxylation is 1. The molecule has 3 N–H and O–H groups in total. The molecule has 1 aliphatic heterocycles. The van der Waals surface area contributed by atoms with E-state index in [1.807, 2.05) is 0 Å². The van der Waals surface area contributed by atoms with Gasteiger partial charge in [0.05, 0.1) is 13.1 Å². The van der Waals surface area contributed by atoms with Crippen LogP contribution in [0.4, 0.5) is 10.1 Å². The van der Waals surface area contributed by atoms with Crippen molar-refractivity contribution in [2.24, 2.45) is 5.73 Å². The van der Waals surface area contributed by atoms with Crippen molar-refractivity contribution in [1.29, 1.82) is 0 Å². The first-order valence-corrected chi connectivity index (χ1v) is 6.01. The Morgan fingerprint density at radius 2 is 1.89 bits per heavy atom. The van der Waals surface area contributed by atoms with E-state index in [0.29, 0.717) is 16.8 Å². The van der Waals surface area contributed by atoms with Gasteiger partial charge in [-0.15, -0.1) is 0 Å². The highest BCUT2D eigenvalue weighted by Crippen LogP contribution is 2.28. The van der Waals surface area contributed by atoms with Crippen LogP contribution in [0.3, 0.4) is 0 Å². The lowest BCUT2D eigenvalue weighted by Crippen LogP contribution is -2.51. The maximum Gasteiger partial charge on any atom is 0.246 e. The molecule has 0 aromatic heterocycles. The van der Waals surface area contributed by atoms with Gasteiger partial charge in [-0.3, -0.25) is 14.9 Å². The maximum atomic E-state index is 13.6. The van der Waals surface area contributed by atoms with Gasteiger partial charge in [0.2, 0.25) is 11.8 Å². The minimum atomic E-state index is -0.384. The van der Waals surface area contributed by atoms with E-state index in [4.69, 9.17) is 5.73 Å². The van der Waals surface area contributed by atoms with E-state index >= 15 is 0 Å². The normalized spacial score (nSPS) is 17.4. The average Bonchev–Trinajstić information content (AvgIpc) is 2.30. The zero-order valence-corrected chi connectivity index (χ0v) is 10.9. The van der Waals surface area contributed by atoms with Crippen LogP contribution in [0.1, 0.15) is 24.1 Å². The summed E-state index contributed by atoms with van der Waals surface area (Å²) >= 11 is 0. The van der Waals surface area contributed by atoms with E-state index in [1.165, 1.54) is 6.07 Å². The Morgan fingerprint density at radius 1 is 1.32 bits per heavy atom. The Labute approximate surface area is 110 Å². The van der Waals surface area contributed by atoms with Gasteiger partial charge in [0.15, 0.2) is 0 Å². The average molecular weight is 265 g/mol. The lowest BCUT2D eigenvalue weighted by molar-refractivity contribution is -0.130. The number of carbonyl (C=O) groups is 2. The van der Waals surface area contributed by atoms with E-state index < -0.39 is 0 Å². The summed E-state index contributed by atoms with van der Waals surface area (Å²) in [5.74, 6) is -1.08. The number of nitrogens with one attached hydrogen (secondary N) is 1. The molecule has 0 radical (unpaired) electrons. The number of nitrogens with two attached hydrogens (primary N) is 1. The number of amides is 2. The second-order valence-corrected chi connectivity index (χ2v) is 4.78. The number of imide groups is 1. The molecule has 1 aromatic carbocycles. The first-order valence-electron chi connectivity index (χ1n) is 6.01. The third-order valence-electron chi connectivity index (χ3n) is 3.09. The Hall–Kier alpha value is -1.95. The van der Waals surface area contributed by atoms with Gasteiger partial charge in [0.25, 0.3) is 0 Å². The number of hydrogen-bond acceptors (Lipinski definition) is 4. The summed E-state index contributed by atoms with van der Waals surface area (Å²) in [5.41, 5.74) is 7.51. The lowest BCUT2D eigenvalue weighted by atomic mass is 10.0. The minimum absolute atomic E-state index is 0.0660. The van der Waals surface area contributed by atoms with Crippen LogP contribution in [0.2, 0.25) is 0 Å². The molecular weight excluding hydrogens is 249 g/mol. The van der Waals surface area contributed by atoms with Gasteiger partial charge in [0.1, 0.15) is 5.82 Å². The smallest absolute Gasteiger partial charge is 0.246 e. The fourth-order valence-corrected chi connectivity index (χ4v) is 2.13. The molecule has 5 nitrogen and oxygen atoms in total. The number of halogens is 1. The number of carbonyl (C=O) groups excluding carboxylic acids is 2. The molecule has 0 bridgehead atoms. The van der Waals surface area contributed by atoms with Crippen molar-refractivity contribution >= 4 is 17.5 Å². The van der Waals surface area contributed by atoms with Crippen LogP contribution < -0.4 is 16.0 Å². The van der Waals surface area contributed by atoms with Crippen molar-refractivity contribution in [3.63, 3.8) is 0 Å². The number of hydrogen-bond donors (Lipinski definition) is 2. The molecule has 2 rings (SSSR count). The molecule has 0 saturated carbocycles. The molecule has 19 heavy (non-hydrogen) atoms. The lowest BCUT2D eigenvalue weighted by Gasteiger charge is -2.30. The Kier molecular flexibility index (Phi) is 3.53. The van der Waals surface area contributed by atoms with E-state index in [2.05, 4.69) is 5.32 Å². The zero-order chi connectivity index (χ0) is 14.2. The summed E-state index contributed by atoms with van der Waals surface area (Å²) in [4.78, 5) is 24.4. The maximum absolute atomic E-state index is 13.6. The van der Waals surface area contributed by atoms with Crippen molar-refractivity contribution in [1.82, 2.24) is 5.32 Å². The monoisotopic (exact) mass is 265 g/mol. The second-order valence-electron chi connectivity index (χ2n) is 4.78. The summed E-state index contributed by atoms with van der Waals surface area (Å²) in [6.45, 7) is 3.50. The summed E-state index contributed by atoms with van der Waals surface area (Å²) in [7, 11) is 0.